The van der Waals surface area contributed by atoms with Crippen LogP contribution < -0.4 is 5.73 Å². The standard InChI is InChI=1S/C10H19NOS/c11-9-8(6-12)7-13-10(9)4-2-1-3-5-10/h8-9,12H,1-7,11H2/t8-,9-/m1/s1. The molecule has 3 N–H and O–H groups in total. The van der Waals surface area contributed by atoms with Crippen molar-refractivity contribution in [3.63, 3.8) is 0 Å². The normalized spacial score (nSPS) is 38.3. The number of hydrogen-bond donors (Lipinski definition) is 2. The first-order valence-corrected chi connectivity index (χ1v) is 6.27. The fraction of sp³-hybridized carbons (Fsp3) is 1.00. The minimum atomic E-state index is 0.239. The number of nitrogens with two attached hydrogens (primary N) is 1. The lowest BCUT2D eigenvalue weighted by Gasteiger charge is -2.37. The van der Waals surface area contributed by atoms with Crippen LogP contribution in [0.3, 0.4) is 0 Å². The van der Waals surface area contributed by atoms with Gasteiger partial charge in [-0.2, -0.15) is 11.8 Å². The average molecular weight is 201 g/mol. The van der Waals surface area contributed by atoms with Gasteiger partial charge in [-0.1, -0.05) is 19.3 Å². The van der Waals surface area contributed by atoms with Crippen LogP contribution in [-0.4, -0.2) is 28.3 Å². The van der Waals surface area contributed by atoms with Gasteiger partial charge in [0.15, 0.2) is 0 Å². The van der Waals surface area contributed by atoms with Gasteiger partial charge >= 0.3 is 0 Å². The maximum Gasteiger partial charge on any atom is 0.0482 e. The molecule has 0 bridgehead atoms. The zero-order valence-electron chi connectivity index (χ0n) is 8.04. The summed E-state index contributed by atoms with van der Waals surface area (Å²) in [6, 6.07) is 0.239. The lowest BCUT2D eigenvalue weighted by atomic mass is 9.79. The van der Waals surface area contributed by atoms with E-state index in [1.54, 1.807) is 0 Å². The summed E-state index contributed by atoms with van der Waals surface area (Å²) in [6.45, 7) is 0.274. The predicted octanol–water partition coefficient (Wildman–Crippen LogP) is 1.37. The van der Waals surface area contributed by atoms with Crippen molar-refractivity contribution in [2.45, 2.75) is 42.9 Å². The largest absolute Gasteiger partial charge is 0.396 e. The molecule has 0 amide bonds. The first kappa shape index (κ1) is 9.81. The van der Waals surface area contributed by atoms with Gasteiger partial charge in [0, 0.05) is 29.1 Å². The summed E-state index contributed by atoms with van der Waals surface area (Å²) in [5, 5.41) is 9.16. The van der Waals surface area contributed by atoms with Crippen LogP contribution in [0.15, 0.2) is 0 Å². The zero-order chi connectivity index (χ0) is 9.31. The maximum absolute atomic E-state index is 9.16. The van der Waals surface area contributed by atoms with Gasteiger partial charge in [0.05, 0.1) is 0 Å². The van der Waals surface area contributed by atoms with Crippen molar-refractivity contribution in [2.24, 2.45) is 11.7 Å². The smallest absolute Gasteiger partial charge is 0.0482 e. The molecule has 76 valence electrons. The number of aliphatic hydroxyl groups excluding tert-OH is 1. The average Bonchev–Trinajstić information content (AvgIpc) is 2.47. The van der Waals surface area contributed by atoms with E-state index in [1.165, 1.54) is 32.1 Å². The van der Waals surface area contributed by atoms with Crippen molar-refractivity contribution in [3.8, 4) is 0 Å². The lowest BCUT2D eigenvalue weighted by Crippen LogP contribution is -2.47. The molecule has 1 aliphatic heterocycles. The van der Waals surface area contributed by atoms with Crippen molar-refractivity contribution >= 4 is 11.8 Å². The third kappa shape index (κ3) is 1.62. The highest BCUT2D eigenvalue weighted by molar-refractivity contribution is 8.01. The summed E-state index contributed by atoms with van der Waals surface area (Å²) in [5.41, 5.74) is 6.22. The van der Waals surface area contributed by atoms with E-state index in [1.807, 2.05) is 11.8 Å². The molecular formula is C10H19NOS. The zero-order valence-corrected chi connectivity index (χ0v) is 8.85. The van der Waals surface area contributed by atoms with E-state index in [0.717, 1.165) is 5.75 Å². The molecule has 0 unspecified atom stereocenters. The fourth-order valence-electron chi connectivity index (χ4n) is 2.70. The van der Waals surface area contributed by atoms with Gasteiger partial charge < -0.3 is 10.8 Å². The maximum atomic E-state index is 9.16. The number of aliphatic hydroxyl groups is 1. The Morgan fingerprint density at radius 1 is 1.31 bits per heavy atom. The second-order valence-corrected chi connectivity index (χ2v) is 5.84. The Bertz CT molecular complexity index is 180. The summed E-state index contributed by atoms with van der Waals surface area (Å²) < 4.78 is 0.339. The number of thioether (sulfide) groups is 1. The molecule has 0 aromatic rings. The van der Waals surface area contributed by atoms with Crippen LogP contribution in [-0.2, 0) is 0 Å². The van der Waals surface area contributed by atoms with Crippen LogP contribution in [0, 0.1) is 5.92 Å². The van der Waals surface area contributed by atoms with E-state index in [9.17, 15) is 0 Å². The molecule has 0 radical (unpaired) electrons. The highest BCUT2D eigenvalue weighted by Crippen LogP contribution is 2.49. The van der Waals surface area contributed by atoms with Gasteiger partial charge in [-0.3, -0.25) is 0 Å². The molecule has 1 heterocycles. The van der Waals surface area contributed by atoms with Crippen molar-refractivity contribution in [2.75, 3.05) is 12.4 Å². The van der Waals surface area contributed by atoms with Gasteiger partial charge in [-0.25, -0.2) is 0 Å². The summed E-state index contributed by atoms with van der Waals surface area (Å²) in [7, 11) is 0. The third-order valence-electron chi connectivity index (χ3n) is 3.63. The summed E-state index contributed by atoms with van der Waals surface area (Å²) in [4.78, 5) is 0. The minimum absolute atomic E-state index is 0.239. The van der Waals surface area contributed by atoms with Gasteiger partial charge in [-0.05, 0) is 12.8 Å². The molecule has 3 heteroatoms. The van der Waals surface area contributed by atoms with Gasteiger partial charge in [0.25, 0.3) is 0 Å². The lowest BCUT2D eigenvalue weighted by molar-refractivity contribution is 0.200. The van der Waals surface area contributed by atoms with Gasteiger partial charge in [-0.15, -0.1) is 0 Å². The van der Waals surface area contributed by atoms with Crippen LogP contribution in [0.2, 0.25) is 0 Å². The Morgan fingerprint density at radius 2 is 2.00 bits per heavy atom. The van der Waals surface area contributed by atoms with E-state index >= 15 is 0 Å². The Labute approximate surface area is 84.3 Å². The SMILES string of the molecule is N[C@@H]1[C@H](CO)CSC12CCCCC2. The van der Waals surface area contributed by atoms with E-state index in [2.05, 4.69) is 0 Å². The third-order valence-corrected chi connectivity index (χ3v) is 5.48. The summed E-state index contributed by atoms with van der Waals surface area (Å²) in [6.07, 6.45) is 6.58. The number of hydrogen-bond acceptors (Lipinski definition) is 3. The predicted molar refractivity (Wildman–Crippen MR) is 56.8 cm³/mol. The molecule has 13 heavy (non-hydrogen) atoms. The van der Waals surface area contributed by atoms with Crippen LogP contribution in [0.1, 0.15) is 32.1 Å². The first-order chi connectivity index (χ1) is 6.28. The Kier molecular flexibility index (Phi) is 2.86. The molecule has 2 rings (SSSR count). The molecule has 2 atom stereocenters. The van der Waals surface area contributed by atoms with E-state index in [-0.39, 0.29) is 12.6 Å². The molecule has 2 nitrogen and oxygen atoms in total. The molecule has 1 saturated carbocycles. The van der Waals surface area contributed by atoms with Crippen molar-refractivity contribution in [3.05, 3.63) is 0 Å². The highest BCUT2D eigenvalue weighted by Gasteiger charge is 2.46. The van der Waals surface area contributed by atoms with Crippen molar-refractivity contribution in [1.82, 2.24) is 0 Å². The quantitative estimate of drug-likeness (QED) is 0.673. The van der Waals surface area contributed by atoms with Gasteiger partial charge in [0.2, 0.25) is 0 Å². The first-order valence-electron chi connectivity index (χ1n) is 5.29. The second-order valence-electron chi connectivity index (χ2n) is 4.40. The Balaban J connectivity index is 2.06. The molecule has 0 aromatic carbocycles. The van der Waals surface area contributed by atoms with Crippen LogP contribution in [0.5, 0.6) is 0 Å². The van der Waals surface area contributed by atoms with Crippen LogP contribution >= 0.6 is 11.8 Å². The molecule has 2 fully saturated rings. The van der Waals surface area contributed by atoms with Crippen molar-refractivity contribution < 1.29 is 5.11 Å². The van der Waals surface area contributed by atoms with E-state index in [0.29, 0.717) is 10.7 Å². The Hall–Kier alpha value is 0.270. The van der Waals surface area contributed by atoms with Crippen molar-refractivity contribution in [1.29, 1.82) is 0 Å². The molecule has 1 aliphatic carbocycles. The molecule has 1 saturated heterocycles. The Morgan fingerprint density at radius 3 is 2.54 bits per heavy atom. The molecule has 0 aromatic heterocycles. The molecule has 1 spiro atoms. The number of rotatable bonds is 1. The second kappa shape index (κ2) is 3.79. The monoisotopic (exact) mass is 201 g/mol. The topological polar surface area (TPSA) is 46.2 Å². The molecule has 2 aliphatic rings. The van der Waals surface area contributed by atoms with Crippen LogP contribution in [0.25, 0.3) is 0 Å². The van der Waals surface area contributed by atoms with E-state index in [4.69, 9.17) is 10.8 Å². The minimum Gasteiger partial charge on any atom is -0.396 e. The summed E-state index contributed by atoms with van der Waals surface area (Å²) in [5.74, 6) is 1.42. The van der Waals surface area contributed by atoms with E-state index < -0.39 is 0 Å². The molecular weight excluding hydrogens is 182 g/mol. The van der Waals surface area contributed by atoms with Gasteiger partial charge in [0.1, 0.15) is 0 Å². The fourth-order valence-corrected chi connectivity index (χ4v) is 4.52. The highest BCUT2D eigenvalue weighted by atomic mass is 32.2. The summed E-state index contributed by atoms with van der Waals surface area (Å²) >= 11 is 2.02. The van der Waals surface area contributed by atoms with Crippen LogP contribution in [0.4, 0.5) is 0 Å².